The molecule has 1 rings (SSSR count). The van der Waals surface area contributed by atoms with Crippen LogP contribution in [0.3, 0.4) is 0 Å². The highest BCUT2D eigenvalue weighted by Gasteiger charge is 2.38. The molecule has 28 heavy (non-hydrogen) atoms. The second-order valence-electron chi connectivity index (χ2n) is 6.95. The lowest BCUT2D eigenvalue weighted by Gasteiger charge is -2.29. The van der Waals surface area contributed by atoms with Crippen molar-refractivity contribution >= 4 is 29.6 Å². The van der Waals surface area contributed by atoms with Gasteiger partial charge in [-0.2, -0.15) is 0 Å². The molecule has 1 aliphatic heterocycles. The predicted molar refractivity (Wildman–Crippen MR) is 98.6 cm³/mol. The lowest BCUT2D eigenvalue weighted by Crippen LogP contribution is -2.57. The van der Waals surface area contributed by atoms with E-state index in [-0.39, 0.29) is 12.3 Å². The molecule has 11 heteroatoms. The molecule has 4 atom stereocenters. The summed E-state index contributed by atoms with van der Waals surface area (Å²) in [5, 5.41) is 13.6. The number of likely N-dealkylation sites (tertiary alicyclic amines) is 1. The molecule has 1 saturated heterocycles. The number of carbonyl (C=O) groups excluding carboxylic acids is 4. The number of hydrogen-bond acceptors (Lipinski definition) is 6. The van der Waals surface area contributed by atoms with E-state index in [2.05, 4.69) is 10.6 Å². The van der Waals surface area contributed by atoms with Crippen molar-refractivity contribution in [1.29, 1.82) is 0 Å². The van der Waals surface area contributed by atoms with E-state index in [1.54, 1.807) is 6.92 Å². The second kappa shape index (κ2) is 10.6. The number of carboxylic acid groups (broad SMARTS) is 1. The maximum absolute atomic E-state index is 12.7. The van der Waals surface area contributed by atoms with Crippen LogP contribution >= 0.6 is 0 Å². The Morgan fingerprint density at radius 1 is 1.25 bits per heavy atom. The molecule has 0 saturated carbocycles. The first-order chi connectivity index (χ1) is 13.1. The first kappa shape index (κ1) is 23.3. The molecule has 0 aromatic carbocycles. The maximum Gasteiger partial charge on any atom is 0.322 e. The van der Waals surface area contributed by atoms with E-state index in [9.17, 15) is 24.0 Å². The van der Waals surface area contributed by atoms with Crippen molar-refractivity contribution in [2.24, 2.45) is 17.4 Å². The zero-order valence-corrected chi connectivity index (χ0v) is 16.1. The van der Waals surface area contributed by atoms with Crippen LogP contribution in [0.5, 0.6) is 0 Å². The van der Waals surface area contributed by atoms with Gasteiger partial charge in [0, 0.05) is 6.54 Å². The smallest absolute Gasteiger partial charge is 0.322 e. The molecule has 0 aromatic heterocycles. The molecule has 11 nitrogen and oxygen atoms in total. The molecule has 0 bridgehead atoms. The Bertz CT molecular complexity index is 625. The normalized spacial score (nSPS) is 19.4. The minimum atomic E-state index is -1.20. The third-order valence-corrected chi connectivity index (χ3v) is 4.78. The summed E-state index contributed by atoms with van der Waals surface area (Å²) in [5.41, 5.74) is 10.8. The number of primary amides is 1. The Labute approximate surface area is 163 Å². The topological polar surface area (TPSA) is 185 Å². The fraction of sp³-hybridized carbons (Fsp3) is 0.706. The zero-order valence-electron chi connectivity index (χ0n) is 16.1. The Balaban J connectivity index is 2.84. The Morgan fingerprint density at radius 3 is 2.43 bits per heavy atom. The molecule has 4 unspecified atom stereocenters. The van der Waals surface area contributed by atoms with Crippen LogP contribution < -0.4 is 22.1 Å². The summed E-state index contributed by atoms with van der Waals surface area (Å²) < 4.78 is 0. The first-order valence-electron chi connectivity index (χ1n) is 9.22. The van der Waals surface area contributed by atoms with E-state index in [4.69, 9.17) is 16.6 Å². The third kappa shape index (κ3) is 6.48. The molecule has 0 aliphatic carbocycles. The summed E-state index contributed by atoms with van der Waals surface area (Å²) in [6.45, 7) is 3.34. The number of rotatable bonds is 10. The van der Waals surface area contributed by atoms with Crippen molar-refractivity contribution < 1.29 is 29.1 Å². The van der Waals surface area contributed by atoms with Gasteiger partial charge in [-0.25, -0.2) is 0 Å². The van der Waals surface area contributed by atoms with Crippen LogP contribution in [0.25, 0.3) is 0 Å². The van der Waals surface area contributed by atoms with Gasteiger partial charge in [0.25, 0.3) is 0 Å². The van der Waals surface area contributed by atoms with E-state index in [1.807, 2.05) is 6.92 Å². The van der Waals surface area contributed by atoms with Gasteiger partial charge in [0.1, 0.15) is 18.6 Å². The number of nitrogens with two attached hydrogens (primary N) is 2. The zero-order chi connectivity index (χ0) is 21.4. The highest BCUT2D eigenvalue weighted by Crippen LogP contribution is 2.20. The van der Waals surface area contributed by atoms with Gasteiger partial charge in [-0.05, 0) is 18.8 Å². The monoisotopic (exact) mass is 399 g/mol. The van der Waals surface area contributed by atoms with Crippen molar-refractivity contribution in [3.63, 3.8) is 0 Å². The van der Waals surface area contributed by atoms with Crippen LogP contribution in [-0.4, -0.2) is 70.8 Å². The number of carbonyl (C=O) groups is 5. The summed E-state index contributed by atoms with van der Waals surface area (Å²) in [7, 11) is 0. The van der Waals surface area contributed by atoms with Crippen LogP contribution in [0.2, 0.25) is 0 Å². The van der Waals surface area contributed by atoms with Crippen LogP contribution in [0.1, 0.15) is 39.5 Å². The van der Waals surface area contributed by atoms with Crippen molar-refractivity contribution in [2.75, 3.05) is 13.1 Å². The van der Waals surface area contributed by atoms with E-state index >= 15 is 0 Å². The minimum Gasteiger partial charge on any atom is -0.480 e. The standard InChI is InChI=1S/C17H29N5O6/c1-3-9(2)14(16(27)20-8-13(24)25)21-15(26)11-5-4-6-22(11)17(28)10(18)7-12(19)23/h9-11,14H,3-8,18H2,1-2H3,(H2,19,23)(H,20,27)(H,21,26)(H,24,25). The molecule has 1 heterocycles. The quantitative estimate of drug-likeness (QED) is 0.279. The Morgan fingerprint density at radius 2 is 1.89 bits per heavy atom. The summed E-state index contributed by atoms with van der Waals surface area (Å²) in [5.74, 6) is -3.84. The van der Waals surface area contributed by atoms with Crippen molar-refractivity contribution in [3.05, 3.63) is 0 Å². The fourth-order valence-corrected chi connectivity index (χ4v) is 3.04. The van der Waals surface area contributed by atoms with Gasteiger partial charge >= 0.3 is 5.97 Å². The molecular weight excluding hydrogens is 370 g/mol. The van der Waals surface area contributed by atoms with Gasteiger partial charge in [-0.3, -0.25) is 24.0 Å². The number of aliphatic carboxylic acids is 1. The lowest BCUT2D eigenvalue weighted by atomic mass is 9.97. The molecule has 158 valence electrons. The number of nitrogens with zero attached hydrogens (tertiary/aromatic N) is 1. The van der Waals surface area contributed by atoms with Gasteiger partial charge in [0.2, 0.25) is 23.6 Å². The van der Waals surface area contributed by atoms with Crippen LogP contribution in [0.4, 0.5) is 0 Å². The van der Waals surface area contributed by atoms with E-state index < -0.39 is 54.3 Å². The molecule has 0 radical (unpaired) electrons. The van der Waals surface area contributed by atoms with Crippen LogP contribution in [0, 0.1) is 5.92 Å². The van der Waals surface area contributed by atoms with Crippen molar-refractivity contribution in [2.45, 2.75) is 57.7 Å². The maximum atomic E-state index is 12.7. The van der Waals surface area contributed by atoms with Crippen molar-refractivity contribution in [1.82, 2.24) is 15.5 Å². The third-order valence-electron chi connectivity index (χ3n) is 4.78. The number of nitrogens with one attached hydrogen (secondary N) is 2. The summed E-state index contributed by atoms with van der Waals surface area (Å²) in [6.07, 6.45) is 1.22. The summed E-state index contributed by atoms with van der Waals surface area (Å²) in [6, 6.07) is -2.88. The van der Waals surface area contributed by atoms with Gasteiger partial charge in [0.15, 0.2) is 0 Å². The SMILES string of the molecule is CCC(C)C(NC(=O)C1CCCN1C(=O)C(N)CC(N)=O)C(=O)NCC(=O)O. The molecule has 1 fully saturated rings. The largest absolute Gasteiger partial charge is 0.480 e. The van der Waals surface area contributed by atoms with E-state index in [1.165, 1.54) is 4.90 Å². The molecule has 7 N–H and O–H groups in total. The average Bonchev–Trinajstić information content (AvgIpc) is 3.11. The van der Waals surface area contributed by atoms with Crippen LogP contribution in [0.15, 0.2) is 0 Å². The highest BCUT2D eigenvalue weighted by molar-refractivity contribution is 5.95. The van der Waals surface area contributed by atoms with Gasteiger partial charge in [-0.15, -0.1) is 0 Å². The molecule has 1 aliphatic rings. The average molecular weight is 399 g/mol. The van der Waals surface area contributed by atoms with Gasteiger partial charge < -0.3 is 32.1 Å². The molecular formula is C17H29N5O6. The Hall–Kier alpha value is -2.69. The van der Waals surface area contributed by atoms with Crippen molar-refractivity contribution in [3.8, 4) is 0 Å². The lowest BCUT2D eigenvalue weighted by molar-refractivity contribution is -0.142. The summed E-state index contributed by atoms with van der Waals surface area (Å²) in [4.78, 5) is 60.4. The second-order valence-corrected chi connectivity index (χ2v) is 6.95. The van der Waals surface area contributed by atoms with E-state index in [0.29, 0.717) is 25.8 Å². The van der Waals surface area contributed by atoms with E-state index in [0.717, 1.165) is 0 Å². The summed E-state index contributed by atoms with van der Waals surface area (Å²) >= 11 is 0. The Kier molecular flexibility index (Phi) is 8.83. The first-order valence-corrected chi connectivity index (χ1v) is 9.22. The predicted octanol–water partition coefficient (Wildman–Crippen LogP) is -2.09. The van der Waals surface area contributed by atoms with Gasteiger partial charge in [-0.1, -0.05) is 20.3 Å². The van der Waals surface area contributed by atoms with Crippen LogP contribution in [-0.2, 0) is 24.0 Å². The number of hydrogen-bond donors (Lipinski definition) is 5. The number of carboxylic acids is 1. The molecule has 0 aromatic rings. The van der Waals surface area contributed by atoms with Gasteiger partial charge in [0.05, 0.1) is 12.5 Å². The molecule has 0 spiro atoms. The minimum absolute atomic E-state index is 0.250. The fourth-order valence-electron chi connectivity index (χ4n) is 3.04. The number of amides is 4. The molecule has 4 amide bonds. The highest BCUT2D eigenvalue weighted by atomic mass is 16.4.